The highest BCUT2D eigenvalue weighted by molar-refractivity contribution is 6.02. The number of benzene rings is 2. The number of Topliss-reactive ketones (excluding diaryl/α,β-unsaturated/α-hetero) is 1. The first-order valence-corrected chi connectivity index (χ1v) is 11.9. The van der Waals surface area contributed by atoms with Crippen LogP contribution in [0, 0.1) is 11.6 Å². The minimum absolute atomic E-state index is 0.0256. The third kappa shape index (κ3) is 4.18. The Morgan fingerprint density at radius 1 is 0.973 bits per heavy atom. The zero-order chi connectivity index (χ0) is 25.7. The van der Waals surface area contributed by atoms with Gasteiger partial charge in [0.15, 0.2) is 17.3 Å². The van der Waals surface area contributed by atoms with Crippen molar-refractivity contribution in [3.8, 4) is 11.5 Å². The second kappa shape index (κ2) is 8.95. The Balaban J connectivity index is 1.45. The molecule has 0 radical (unpaired) electrons. The molecule has 1 aliphatic heterocycles. The Morgan fingerprint density at radius 3 is 2.51 bits per heavy atom. The van der Waals surface area contributed by atoms with E-state index in [2.05, 4.69) is 9.97 Å². The van der Waals surface area contributed by atoms with E-state index in [0.717, 1.165) is 18.1 Å². The van der Waals surface area contributed by atoms with Crippen molar-refractivity contribution in [2.24, 2.45) is 0 Å². The van der Waals surface area contributed by atoms with Gasteiger partial charge < -0.3 is 9.47 Å². The van der Waals surface area contributed by atoms with E-state index in [9.17, 15) is 23.2 Å². The lowest BCUT2D eigenvalue weighted by atomic mass is 9.79. The van der Waals surface area contributed by atoms with Crippen LogP contribution in [0.4, 0.5) is 8.78 Å². The van der Waals surface area contributed by atoms with Crippen molar-refractivity contribution in [3.05, 3.63) is 97.3 Å². The number of H-pyrrole nitrogens is 1. The van der Waals surface area contributed by atoms with Crippen molar-refractivity contribution < 1.29 is 23.0 Å². The average molecular weight is 505 g/mol. The number of fused-ring (bicyclic) bond motifs is 4. The van der Waals surface area contributed by atoms with Gasteiger partial charge in [-0.15, -0.1) is 0 Å². The molecule has 2 aromatic heterocycles. The Labute approximate surface area is 208 Å². The van der Waals surface area contributed by atoms with E-state index >= 15 is 0 Å². The van der Waals surface area contributed by atoms with Gasteiger partial charge in [0, 0.05) is 30.7 Å². The molecule has 1 aliphatic carbocycles. The smallest absolute Gasteiger partial charge is 0.330 e. The standard InChI is InChI=1S/C27H21F2N3O5/c28-17-7-15(8-18(29)11-17)16-9-19-20(21(33)10-16)12-30-25-24(19)26(34)31-27(35)32(25)13-14-2-3-22-23(6-14)37-5-1-4-36-22/h2-3,6-8,11-12,16H,1,4-5,9-10,13H2,(H,31,34,35). The van der Waals surface area contributed by atoms with Crippen LogP contribution < -0.4 is 20.7 Å². The molecule has 0 spiro atoms. The van der Waals surface area contributed by atoms with Crippen LogP contribution in [-0.4, -0.2) is 33.5 Å². The molecule has 37 heavy (non-hydrogen) atoms. The second-order valence-corrected chi connectivity index (χ2v) is 9.26. The molecule has 3 heterocycles. The molecule has 1 N–H and O–H groups in total. The maximum Gasteiger partial charge on any atom is 0.330 e. The summed E-state index contributed by atoms with van der Waals surface area (Å²) in [5.74, 6) is -1.12. The molecule has 0 saturated heterocycles. The number of carbonyl (C=O) groups is 1. The summed E-state index contributed by atoms with van der Waals surface area (Å²) in [7, 11) is 0. The number of halogens is 2. The summed E-state index contributed by atoms with van der Waals surface area (Å²) in [6.07, 6.45) is 2.34. The topological polar surface area (TPSA) is 103 Å². The molecule has 6 rings (SSSR count). The molecule has 10 heteroatoms. The van der Waals surface area contributed by atoms with Gasteiger partial charge in [-0.2, -0.15) is 0 Å². The number of nitrogens with one attached hydrogen (secondary N) is 1. The van der Waals surface area contributed by atoms with Crippen molar-refractivity contribution in [3.63, 3.8) is 0 Å². The molecule has 0 amide bonds. The van der Waals surface area contributed by atoms with E-state index in [1.807, 2.05) is 0 Å². The number of nitrogens with zero attached hydrogens (tertiary/aromatic N) is 2. The highest BCUT2D eigenvalue weighted by Gasteiger charge is 2.30. The van der Waals surface area contributed by atoms with Gasteiger partial charge in [-0.05, 0) is 53.3 Å². The van der Waals surface area contributed by atoms with E-state index < -0.39 is 28.8 Å². The Morgan fingerprint density at radius 2 is 1.73 bits per heavy atom. The lowest BCUT2D eigenvalue weighted by Gasteiger charge is -2.25. The highest BCUT2D eigenvalue weighted by Crippen LogP contribution is 2.35. The van der Waals surface area contributed by atoms with E-state index in [-0.39, 0.29) is 41.8 Å². The summed E-state index contributed by atoms with van der Waals surface area (Å²) in [5, 5.41) is 0.112. The molecular formula is C27H21F2N3O5. The zero-order valence-electron chi connectivity index (χ0n) is 19.6. The molecule has 188 valence electrons. The van der Waals surface area contributed by atoms with Crippen LogP contribution in [0.5, 0.6) is 11.5 Å². The maximum atomic E-state index is 13.9. The van der Waals surface area contributed by atoms with E-state index in [1.165, 1.54) is 22.9 Å². The fourth-order valence-electron chi connectivity index (χ4n) is 5.09. The van der Waals surface area contributed by atoms with E-state index in [0.29, 0.717) is 35.8 Å². The van der Waals surface area contributed by atoms with Gasteiger partial charge in [0.2, 0.25) is 0 Å². The van der Waals surface area contributed by atoms with Crippen LogP contribution in [0.1, 0.15) is 45.8 Å². The van der Waals surface area contributed by atoms with Gasteiger partial charge in [-0.25, -0.2) is 18.6 Å². The number of rotatable bonds is 3. The number of pyridine rings is 1. The first kappa shape index (κ1) is 23.1. The molecule has 1 atom stereocenters. The van der Waals surface area contributed by atoms with Crippen LogP contribution >= 0.6 is 0 Å². The van der Waals surface area contributed by atoms with Gasteiger partial charge in [0.25, 0.3) is 5.56 Å². The number of ether oxygens (including phenoxy) is 2. The predicted molar refractivity (Wildman–Crippen MR) is 130 cm³/mol. The van der Waals surface area contributed by atoms with E-state index in [1.54, 1.807) is 18.2 Å². The molecule has 2 aromatic carbocycles. The van der Waals surface area contributed by atoms with Gasteiger partial charge in [-0.3, -0.25) is 19.1 Å². The summed E-state index contributed by atoms with van der Waals surface area (Å²) in [6, 6.07) is 8.50. The largest absolute Gasteiger partial charge is 0.490 e. The fraction of sp³-hybridized carbons (Fsp3) is 0.259. The highest BCUT2D eigenvalue weighted by atomic mass is 19.1. The van der Waals surface area contributed by atoms with Crippen molar-refractivity contribution in [2.75, 3.05) is 13.2 Å². The number of hydrogen-bond donors (Lipinski definition) is 1. The van der Waals surface area contributed by atoms with Crippen LogP contribution in [0.15, 0.2) is 52.2 Å². The summed E-state index contributed by atoms with van der Waals surface area (Å²) in [5.41, 5.74) is 0.540. The molecule has 0 fully saturated rings. The SMILES string of the molecule is O=C1CC(c2cc(F)cc(F)c2)Cc2c1cnc1c2c(=O)[nH]c(=O)n1Cc1ccc2c(c1)OCCCO2. The summed E-state index contributed by atoms with van der Waals surface area (Å²) in [4.78, 5) is 45.5. The van der Waals surface area contributed by atoms with E-state index in [4.69, 9.17) is 9.47 Å². The first-order valence-electron chi connectivity index (χ1n) is 11.9. The number of hydrogen-bond acceptors (Lipinski definition) is 6. The first-order chi connectivity index (χ1) is 17.9. The quantitative estimate of drug-likeness (QED) is 0.457. The minimum atomic E-state index is -0.741. The van der Waals surface area contributed by atoms with Crippen molar-refractivity contribution >= 4 is 16.8 Å². The molecule has 2 aliphatic rings. The number of aromatic nitrogens is 3. The molecule has 4 aromatic rings. The Bertz CT molecular complexity index is 1670. The molecule has 1 unspecified atom stereocenters. The average Bonchev–Trinajstić information content (AvgIpc) is 3.10. The van der Waals surface area contributed by atoms with Crippen LogP contribution in [0.25, 0.3) is 11.0 Å². The van der Waals surface area contributed by atoms with Gasteiger partial charge in [-0.1, -0.05) is 6.07 Å². The predicted octanol–water partition coefficient (Wildman–Crippen LogP) is 3.49. The third-order valence-electron chi connectivity index (χ3n) is 6.81. The van der Waals surface area contributed by atoms with Crippen LogP contribution in [0.2, 0.25) is 0 Å². The van der Waals surface area contributed by atoms with Gasteiger partial charge in [0.05, 0.1) is 25.1 Å². The van der Waals surface area contributed by atoms with Crippen molar-refractivity contribution in [2.45, 2.75) is 31.7 Å². The van der Waals surface area contributed by atoms with Crippen LogP contribution in [0.3, 0.4) is 0 Å². The Kier molecular flexibility index (Phi) is 5.58. The number of aromatic amines is 1. The van der Waals surface area contributed by atoms with Gasteiger partial charge >= 0.3 is 5.69 Å². The summed E-state index contributed by atoms with van der Waals surface area (Å²) in [6.45, 7) is 1.14. The van der Waals surface area contributed by atoms with Gasteiger partial charge in [0.1, 0.15) is 17.3 Å². The molecule has 0 bridgehead atoms. The lowest BCUT2D eigenvalue weighted by Crippen LogP contribution is -2.33. The molecule has 0 saturated carbocycles. The van der Waals surface area contributed by atoms with Crippen molar-refractivity contribution in [1.29, 1.82) is 0 Å². The lowest BCUT2D eigenvalue weighted by molar-refractivity contribution is 0.0964. The monoisotopic (exact) mass is 505 g/mol. The normalized spacial score (nSPS) is 16.9. The second-order valence-electron chi connectivity index (χ2n) is 9.26. The number of ketones is 1. The summed E-state index contributed by atoms with van der Waals surface area (Å²) >= 11 is 0. The Hall–Kier alpha value is -4.34. The van der Waals surface area contributed by atoms with Crippen molar-refractivity contribution in [1.82, 2.24) is 14.5 Å². The fourth-order valence-corrected chi connectivity index (χ4v) is 5.09. The molecule has 8 nitrogen and oxygen atoms in total. The van der Waals surface area contributed by atoms with Crippen LogP contribution in [-0.2, 0) is 13.0 Å². The summed E-state index contributed by atoms with van der Waals surface area (Å²) < 4.78 is 40.5. The third-order valence-corrected chi connectivity index (χ3v) is 6.81. The molecular weight excluding hydrogens is 484 g/mol. The zero-order valence-corrected chi connectivity index (χ0v) is 19.6. The minimum Gasteiger partial charge on any atom is -0.490 e. The number of carbonyl (C=O) groups excluding carboxylic acids is 1. The maximum absolute atomic E-state index is 13.9.